The fourth-order valence-corrected chi connectivity index (χ4v) is 0.783. The molecule has 1 N–H and O–H groups in total. The lowest BCUT2D eigenvalue weighted by molar-refractivity contribution is 0.121. The highest BCUT2D eigenvalue weighted by molar-refractivity contribution is 5.06. The van der Waals surface area contributed by atoms with E-state index in [1.54, 1.807) is 0 Å². The van der Waals surface area contributed by atoms with Crippen LogP contribution in [0, 0.1) is 0 Å². The summed E-state index contributed by atoms with van der Waals surface area (Å²) in [5.41, 5.74) is 1.22. The third-order valence-corrected chi connectivity index (χ3v) is 1.28. The Balaban J connectivity index is 2.15. The van der Waals surface area contributed by atoms with Gasteiger partial charge in [-0.2, -0.15) is 0 Å². The van der Waals surface area contributed by atoms with Gasteiger partial charge in [-0.3, -0.25) is 0 Å². The van der Waals surface area contributed by atoms with E-state index in [1.807, 2.05) is 18.5 Å². The van der Waals surface area contributed by atoms with Crippen LogP contribution in [0.5, 0.6) is 0 Å². The zero-order chi connectivity index (χ0) is 7.23. The van der Waals surface area contributed by atoms with Crippen molar-refractivity contribution in [2.45, 2.75) is 20.0 Å². The summed E-state index contributed by atoms with van der Waals surface area (Å²) in [6.45, 7) is 3.69. The van der Waals surface area contributed by atoms with Crippen molar-refractivity contribution in [3.63, 3.8) is 0 Å². The Hall–Kier alpha value is -0.760. The maximum Gasteiger partial charge on any atom is 0.0731 e. The molecule has 0 saturated heterocycles. The third kappa shape index (κ3) is 2.23. The molecule has 1 heterocycles. The van der Waals surface area contributed by atoms with Gasteiger partial charge in [0.2, 0.25) is 0 Å². The maximum absolute atomic E-state index is 5.31. The van der Waals surface area contributed by atoms with Gasteiger partial charge in [-0.05, 0) is 18.1 Å². The predicted molar refractivity (Wildman–Crippen MR) is 40.7 cm³/mol. The van der Waals surface area contributed by atoms with Crippen LogP contribution >= 0.6 is 0 Å². The Bertz CT molecular complexity index is 158. The van der Waals surface area contributed by atoms with E-state index in [-0.39, 0.29) is 0 Å². The molecule has 0 atom stereocenters. The van der Waals surface area contributed by atoms with Crippen molar-refractivity contribution >= 4 is 0 Å². The molecule has 1 aromatic heterocycles. The van der Waals surface area contributed by atoms with Crippen LogP contribution < -0.4 is 0 Å². The van der Waals surface area contributed by atoms with Crippen molar-refractivity contribution in [3.8, 4) is 0 Å². The first-order valence-corrected chi connectivity index (χ1v) is 3.63. The van der Waals surface area contributed by atoms with Gasteiger partial charge >= 0.3 is 0 Å². The topological polar surface area (TPSA) is 25.0 Å². The summed E-state index contributed by atoms with van der Waals surface area (Å²) in [5, 5.41) is 0. The van der Waals surface area contributed by atoms with E-state index >= 15 is 0 Å². The van der Waals surface area contributed by atoms with E-state index in [2.05, 4.69) is 11.9 Å². The summed E-state index contributed by atoms with van der Waals surface area (Å²) in [6, 6.07) is 2.02. The number of rotatable bonds is 4. The first kappa shape index (κ1) is 7.35. The molecule has 0 aliphatic carbocycles. The number of aromatic nitrogens is 1. The second kappa shape index (κ2) is 4.12. The van der Waals surface area contributed by atoms with E-state index in [0.29, 0.717) is 0 Å². The summed E-state index contributed by atoms with van der Waals surface area (Å²) in [5.74, 6) is 0. The van der Waals surface area contributed by atoms with E-state index in [1.165, 1.54) is 5.56 Å². The van der Waals surface area contributed by atoms with Gasteiger partial charge < -0.3 is 9.72 Å². The van der Waals surface area contributed by atoms with Crippen LogP contribution in [0.1, 0.15) is 18.9 Å². The maximum atomic E-state index is 5.31. The van der Waals surface area contributed by atoms with Gasteiger partial charge in [0, 0.05) is 19.0 Å². The molecule has 10 heavy (non-hydrogen) atoms. The number of ether oxygens (including phenoxy) is 1. The van der Waals surface area contributed by atoms with Crippen molar-refractivity contribution in [1.82, 2.24) is 4.98 Å². The predicted octanol–water partition coefficient (Wildman–Crippen LogP) is 1.94. The van der Waals surface area contributed by atoms with E-state index < -0.39 is 0 Å². The number of hydrogen-bond donors (Lipinski definition) is 1. The highest BCUT2D eigenvalue weighted by Crippen LogP contribution is 1.98. The van der Waals surface area contributed by atoms with Crippen LogP contribution in [0.25, 0.3) is 0 Å². The molecule has 0 amide bonds. The lowest BCUT2D eigenvalue weighted by atomic mass is 10.4. The Kier molecular flexibility index (Phi) is 3.03. The molecule has 0 bridgehead atoms. The lowest BCUT2D eigenvalue weighted by Gasteiger charge is -1.97. The molecule has 0 radical (unpaired) electrons. The minimum absolute atomic E-state index is 0.733. The van der Waals surface area contributed by atoms with Crippen LogP contribution in [-0.2, 0) is 11.3 Å². The quantitative estimate of drug-likeness (QED) is 0.633. The van der Waals surface area contributed by atoms with Gasteiger partial charge in [-0.1, -0.05) is 6.92 Å². The molecule has 0 aromatic carbocycles. The van der Waals surface area contributed by atoms with Crippen LogP contribution in [0.3, 0.4) is 0 Å². The largest absolute Gasteiger partial charge is 0.377 e. The Labute approximate surface area is 61.2 Å². The minimum Gasteiger partial charge on any atom is -0.377 e. The summed E-state index contributed by atoms with van der Waals surface area (Å²) in [4.78, 5) is 2.98. The zero-order valence-electron chi connectivity index (χ0n) is 6.26. The normalized spacial score (nSPS) is 10.1. The smallest absolute Gasteiger partial charge is 0.0731 e. The van der Waals surface area contributed by atoms with E-state index in [9.17, 15) is 0 Å². The lowest BCUT2D eigenvalue weighted by Crippen LogP contribution is -1.91. The second-order valence-electron chi connectivity index (χ2n) is 2.27. The molecule has 1 rings (SSSR count). The monoisotopic (exact) mass is 139 g/mol. The van der Waals surface area contributed by atoms with Gasteiger partial charge in [0.05, 0.1) is 6.61 Å². The van der Waals surface area contributed by atoms with Crippen molar-refractivity contribution < 1.29 is 4.74 Å². The average molecular weight is 139 g/mol. The molecule has 0 aliphatic rings. The highest BCUT2D eigenvalue weighted by Gasteiger charge is 1.89. The molecular formula is C8H13NO. The fraction of sp³-hybridized carbons (Fsp3) is 0.500. The van der Waals surface area contributed by atoms with Crippen LogP contribution in [0.2, 0.25) is 0 Å². The molecule has 2 nitrogen and oxygen atoms in total. The molecule has 0 fully saturated rings. The average Bonchev–Trinajstić information content (AvgIpc) is 2.41. The van der Waals surface area contributed by atoms with Crippen LogP contribution in [0.15, 0.2) is 18.5 Å². The third-order valence-electron chi connectivity index (χ3n) is 1.28. The molecule has 0 unspecified atom stereocenters. The molecule has 0 saturated carbocycles. The Morgan fingerprint density at radius 1 is 1.60 bits per heavy atom. The van der Waals surface area contributed by atoms with Crippen molar-refractivity contribution in [3.05, 3.63) is 24.0 Å². The molecule has 0 spiro atoms. The zero-order valence-corrected chi connectivity index (χ0v) is 6.26. The molecule has 56 valence electrons. The first-order valence-electron chi connectivity index (χ1n) is 3.63. The molecule has 2 heteroatoms. The van der Waals surface area contributed by atoms with E-state index in [4.69, 9.17) is 4.74 Å². The van der Waals surface area contributed by atoms with Gasteiger partial charge in [-0.25, -0.2) is 0 Å². The minimum atomic E-state index is 0.733. The highest BCUT2D eigenvalue weighted by atomic mass is 16.5. The van der Waals surface area contributed by atoms with E-state index in [0.717, 1.165) is 19.6 Å². The summed E-state index contributed by atoms with van der Waals surface area (Å²) in [7, 11) is 0. The van der Waals surface area contributed by atoms with Crippen molar-refractivity contribution in [2.24, 2.45) is 0 Å². The van der Waals surface area contributed by atoms with Gasteiger partial charge in [0.15, 0.2) is 0 Å². The van der Waals surface area contributed by atoms with Crippen molar-refractivity contribution in [2.75, 3.05) is 6.61 Å². The van der Waals surface area contributed by atoms with Gasteiger partial charge in [0.1, 0.15) is 0 Å². The second-order valence-corrected chi connectivity index (χ2v) is 2.27. The summed E-state index contributed by atoms with van der Waals surface area (Å²) in [6.07, 6.45) is 4.95. The number of hydrogen-bond acceptors (Lipinski definition) is 1. The van der Waals surface area contributed by atoms with Crippen molar-refractivity contribution in [1.29, 1.82) is 0 Å². The summed E-state index contributed by atoms with van der Waals surface area (Å²) < 4.78 is 5.31. The molecular weight excluding hydrogens is 126 g/mol. The van der Waals surface area contributed by atoms with Crippen LogP contribution in [0.4, 0.5) is 0 Å². The van der Waals surface area contributed by atoms with Gasteiger partial charge in [0.25, 0.3) is 0 Å². The Morgan fingerprint density at radius 2 is 2.50 bits per heavy atom. The van der Waals surface area contributed by atoms with Gasteiger partial charge in [-0.15, -0.1) is 0 Å². The SMILES string of the molecule is CCCOCc1cc[nH]c1. The molecule has 1 aromatic rings. The Morgan fingerprint density at radius 3 is 3.10 bits per heavy atom. The summed E-state index contributed by atoms with van der Waals surface area (Å²) >= 11 is 0. The molecule has 0 aliphatic heterocycles. The fourth-order valence-electron chi connectivity index (χ4n) is 0.783. The number of aromatic amines is 1. The first-order chi connectivity index (χ1) is 4.93. The van der Waals surface area contributed by atoms with Crippen LogP contribution in [-0.4, -0.2) is 11.6 Å². The number of nitrogens with one attached hydrogen (secondary N) is 1. The standard InChI is InChI=1S/C8H13NO/c1-2-5-10-7-8-3-4-9-6-8/h3-4,6,9H,2,5,7H2,1H3. The number of H-pyrrole nitrogens is 1.